The molecule has 3 aromatic rings. The Hall–Kier alpha value is -4.46. The molecule has 1 aliphatic rings. The Balaban J connectivity index is 1.21. The molecule has 184 valence electrons. The van der Waals surface area contributed by atoms with E-state index in [2.05, 4.69) is 21.1 Å². The number of hydrazone groups is 1. The van der Waals surface area contributed by atoms with Crippen molar-refractivity contribution in [1.29, 1.82) is 0 Å². The average molecular weight is 484 g/mol. The van der Waals surface area contributed by atoms with Crippen molar-refractivity contribution >= 4 is 34.9 Å². The SMILES string of the molecule is Cc1cccc(NC(=O)Nc2cccc(CNC(=O)CCC(=O)N3CCC(c4ccccc4)=N3)c2)c1. The number of carbonyl (C=O) groups is 3. The normalized spacial score (nSPS) is 12.6. The summed E-state index contributed by atoms with van der Waals surface area (Å²) in [6, 6.07) is 24.2. The smallest absolute Gasteiger partial charge is 0.323 e. The van der Waals surface area contributed by atoms with E-state index >= 15 is 0 Å². The molecule has 36 heavy (non-hydrogen) atoms. The van der Waals surface area contributed by atoms with Gasteiger partial charge >= 0.3 is 6.03 Å². The van der Waals surface area contributed by atoms with Crippen molar-refractivity contribution in [2.45, 2.75) is 32.7 Å². The lowest BCUT2D eigenvalue weighted by Gasteiger charge is -2.12. The molecule has 0 spiro atoms. The van der Waals surface area contributed by atoms with Crippen LogP contribution in [0.3, 0.4) is 0 Å². The lowest BCUT2D eigenvalue weighted by molar-refractivity contribution is -0.133. The Morgan fingerprint density at radius 1 is 0.861 bits per heavy atom. The van der Waals surface area contributed by atoms with E-state index in [0.717, 1.165) is 22.4 Å². The average Bonchev–Trinajstić information content (AvgIpc) is 3.37. The van der Waals surface area contributed by atoms with Gasteiger partial charge in [0.1, 0.15) is 0 Å². The Bertz CT molecular complexity index is 1270. The quantitative estimate of drug-likeness (QED) is 0.434. The van der Waals surface area contributed by atoms with Crippen molar-refractivity contribution in [1.82, 2.24) is 10.3 Å². The van der Waals surface area contributed by atoms with Gasteiger partial charge in [0.15, 0.2) is 0 Å². The highest BCUT2D eigenvalue weighted by Crippen LogP contribution is 2.16. The molecule has 4 rings (SSSR count). The highest BCUT2D eigenvalue weighted by molar-refractivity contribution is 6.02. The number of aryl methyl sites for hydroxylation is 1. The lowest BCUT2D eigenvalue weighted by Crippen LogP contribution is -2.27. The number of benzene rings is 3. The number of carbonyl (C=O) groups excluding carboxylic acids is 3. The van der Waals surface area contributed by atoms with Crippen LogP contribution >= 0.6 is 0 Å². The van der Waals surface area contributed by atoms with E-state index in [0.29, 0.717) is 30.9 Å². The van der Waals surface area contributed by atoms with E-state index < -0.39 is 0 Å². The van der Waals surface area contributed by atoms with Crippen molar-refractivity contribution in [3.05, 3.63) is 95.6 Å². The Kier molecular flexibility index (Phi) is 8.08. The predicted molar refractivity (Wildman–Crippen MR) is 141 cm³/mol. The molecule has 3 N–H and O–H groups in total. The van der Waals surface area contributed by atoms with Crippen LogP contribution in [-0.2, 0) is 16.1 Å². The number of urea groups is 1. The summed E-state index contributed by atoms with van der Waals surface area (Å²) >= 11 is 0. The van der Waals surface area contributed by atoms with Gasteiger partial charge in [0.2, 0.25) is 11.8 Å². The zero-order valence-electron chi connectivity index (χ0n) is 20.2. The highest BCUT2D eigenvalue weighted by Gasteiger charge is 2.21. The molecule has 4 amide bonds. The topological polar surface area (TPSA) is 103 Å². The number of hydrogen-bond donors (Lipinski definition) is 3. The Labute approximate surface area is 210 Å². The van der Waals surface area contributed by atoms with Crippen LogP contribution in [0.2, 0.25) is 0 Å². The minimum absolute atomic E-state index is 0.0857. The summed E-state index contributed by atoms with van der Waals surface area (Å²) in [6.45, 7) is 2.78. The van der Waals surface area contributed by atoms with Crippen LogP contribution < -0.4 is 16.0 Å². The maximum Gasteiger partial charge on any atom is 0.323 e. The molecule has 0 aliphatic carbocycles. The van der Waals surface area contributed by atoms with Gasteiger partial charge in [0.25, 0.3) is 0 Å². The minimum atomic E-state index is -0.347. The van der Waals surface area contributed by atoms with Gasteiger partial charge in [0.05, 0.1) is 12.3 Å². The van der Waals surface area contributed by atoms with Crippen molar-refractivity contribution in [2.75, 3.05) is 17.2 Å². The van der Waals surface area contributed by atoms with Gasteiger partial charge in [-0.15, -0.1) is 0 Å². The van der Waals surface area contributed by atoms with Gasteiger partial charge in [-0.25, -0.2) is 9.80 Å². The number of nitrogens with zero attached hydrogens (tertiary/aromatic N) is 2. The van der Waals surface area contributed by atoms with Crippen LogP contribution in [0, 0.1) is 6.92 Å². The van der Waals surface area contributed by atoms with Crippen LogP contribution in [0.4, 0.5) is 16.2 Å². The Morgan fingerprint density at radius 2 is 1.58 bits per heavy atom. The summed E-state index contributed by atoms with van der Waals surface area (Å²) in [7, 11) is 0. The van der Waals surface area contributed by atoms with Crippen LogP contribution in [0.15, 0.2) is 84.0 Å². The standard InChI is InChI=1S/C28H29N5O3/c1-20-7-5-11-23(17-20)30-28(36)31-24-12-6-8-21(18-24)19-29-26(34)13-14-27(35)33-16-15-25(32-33)22-9-3-2-4-10-22/h2-12,17-18H,13-16,19H2,1H3,(H,29,34)(H2,30,31,36). The summed E-state index contributed by atoms with van der Waals surface area (Å²) in [5.74, 6) is -0.382. The van der Waals surface area contributed by atoms with E-state index in [1.165, 1.54) is 5.01 Å². The van der Waals surface area contributed by atoms with E-state index in [9.17, 15) is 14.4 Å². The zero-order valence-corrected chi connectivity index (χ0v) is 20.2. The maximum atomic E-state index is 12.5. The van der Waals surface area contributed by atoms with E-state index in [1.807, 2.05) is 73.7 Å². The summed E-state index contributed by atoms with van der Waals surface area (Å²) < 4.78 is 0. The molecule has 0 radical (unpaired) electrons. The van der Waals surface area contributed by atoms with E-state index in [1.54, 1.807) is 12.1 Å². The van der Waals surface area contributed by atoms with Crippen molar-refractivity contribution in [2.24, 2.45) is 5.10 Å². The molecule has 1 heterocycles. The van der Waals surface area contributed by atoms with Crippen molar-refractivity contribution in [3.8, 4) is 0 Å². The fraction of sp³-hybridized carbons (Fsp3) is 0.214. The van der Waals surface area contributed by atoms with Gasteiger partial charge in [-0.1, -0.05) is 54.6 Å². The second kappa shape index (κ2) is 11.8. The molecule has 0 unspecified atom stereocenters. The van der Waals surface area contributed by atoms with E-state index in [-0.39, 0.29) is 30.7 Å². The van der Waals surface area contributed by atoms with Crippen LogP contribution in [0.5, 0.6) is 0 Å². The van der Waals surface area contributed by atoms with Gasteiger partial charge in [-0.3, -0.25) is 9.59 Å². The second-order valence-corrected chi connectivity index (χ2v) is 8.61. The van der Waals surface area contributed by atoms with Crippen molar-refractivity contribution in [3.63, 3.8) is 0 Å². The number of anilines is 2. The number of hydrogen-bond acceptors (Lipinski definition) is 4. The maximum absolute atomic E-state index is 12.5. The first-order valence-corrected chi connectivity index (χ1v) is 11.9. The van der Waals surface area contributed by atoms with E-state index in [4.69, 9.17) is 0 Å². The molecule has 0 aromatic heterocycles. The molecule has 0 saturated carbocycles. The molecule has 0 fully saturated rings. The third-order valence-electron chi connectivity index (χ3n) is 5.71. The molecule has 0 bridgehead atoms. The molecular formula is C28H29N5O3. The van der Waals surface area contributed by atoms with Gasteiger partial charge < -0.3 is 16.0 Å². The number of amides is 4. The first-order valence-electron chi connectivity index (χ1n) is 11.9. The summed E-state index contributed by atoms with van der Waals surface area (Å²) in [4.78, 5) is 37.1. The number of nitrogens with one attached hydrogen (secondary N) is 3. The van der Waals surface area contributed by atoms with Gasteiger partial charge in [-0.2, -0.15) is 5.10 Å². The minimum Gasteiger partial charge on any atom is -0.352 e. The molecule has 0 saturated heterocycles. The lowest BCUT2D eigenvalue weighted by atomic mass is 10.1. The van der Waals surface area contributed by atoms with Crippen molar-refractivity contribution < 1.29 is 14.4 Å². The summed E-state index contributed by atoms with van der Waals surface area (Å²) in [6.07, 6.45) is 0.885. The molecule has 1 aliphatic heterocycles. The predicted octanol–water partition coefficient (Wildman–Crippen LogP) is 4.67. The number of rotatable bonds is 8. The van der Waals surface area contributed by atoms with Crippen LogP contribution in [0.1, 0.15) is 36.0 Å². The second-order valence-electron chi connectivity index (χ2n) is 8.61. The van der Waals surface area contributed by atoms with Gasteiger partial charge in [-0.05, 0) is 47.9 Å². The Morgan fingerprint density at radius 3 is 2.33 bits per heavy atom. The summed E-state index contributed by atoms with van der Waals surface area (Å²) in [5.41, 5.74) is 5.10. The molecule has 8 heteroatoms. The zero-order chi connectivity index (χ0) is 25.3. The first-order chi connectivity index (χ1) is 17.5. The first kappa shape index (κ1) is 24.7. The fourth-order valence-corrected chi connectivity index (χ4v) is 3.88. The molecule has 0 atom stereocenters. The monoisotopic (exact) mass is 483 g/mol. The molecular weight excluding hydrogens is 454 g/mol. The van der Waals surface area contributed by atoms with Crippen LogP contribution in [0.25, 0.3) is 0 Å². The van der Waals surface area contributed by atoms with Gasteiger partial charge in [0, 0.05) is 37.2 Å². The van der Waals surface area contributed by atoms with Crippen LogP contribution in [-0.4, -0.2) is 35.1 Å². The fourth-order valence-electron chi connectivity index (χ4n) is 3.88. The molecule has 3 aromatic carbocycles. The third-order valence-corrected chi connectivity index (χ3v) is 5.71. The third kappa shape index (κ3) is 7.02. The largest absolute Gasteiger partial charge is 0.352 e. The highest BCUT2D eigenvalue weighted by atomic mass is 16.2. The molecule has 8 nitrogen and oxygen atoms in total. The summed E-state index contributed by atoms with van der Waals surface area (Å²) in [5, 5.41) is 14.3.